The number of hydrogen-bond donors (Lipinski definition) is 4. The summed E-state index contributed by atoms with van der Waals surface area (Å²) in [6, 6.07) is 14.5. The van der Waals surface area contributed by atoms with Crippen molar-refractivity contribution in [2.75, 3.05) is 6.61 Å². The highest BCUT2D eigenvalue weighted by Crippen LogP contribution is 2.34. The molecule has 0 amide bonds. The molecule has 0 aliphatic carbocycles. The molecule has 1 aliphatic heterocycles. The lowest BCUT2D eigenvalue weighted by Gasteiger charge is -2.39. The quantitative estimate of drug-likeness (QED) is 0.429. The molecule has 0 unspecified atom stereocenters. The number of aliphatic hydroxyl groups is 4. The molecule has 2 heterocycles. The lowest BCUT2D eigenvalue weighted by atomic mass is 9.99. The monoisotopic (exact) mass is 456 g/mol. The van der Waals surface area contributed by atoms with Gasteiger partial charge >= 0.3 is 0 Å². The smallest absolute Gasteiger partial charge is 0.243 e. The van der Waals surface area contributed by atoms with Gasteiger partial charge in [0.25, 0.3) is 0 Å². The largest absolute Gasteiger partial charge is 0.443 e. The molecule has 33 heavy (non-hydrogen) atoms. The van der Waals surface area contributed by atoms with Crippen LogP contribution in [0.1, 0.15) is 43.5 Å². The Bertz CT molecular complexity index is 1080. The van der Waals surface area contributed by atoms with Crippen LogP contribution in [-0.4, -0.2) is 67.5 Å². The van der Waals surface area contributed by atoms with Crippen LogP contribution in [0.4, 0.5) is 0 Å². The van der Waals surface area contributed by atoms with Gasteiger partial charge in [-0.15, -0.1) is 5.10 Å². The van der Waals surface area contributed by atoms with Gasteiger partial charge in [0, 0.05) is 6.04 Å². The predicted molar refractivity (Wildman–Crippen MR) is 123 cm³/mol. The summed E-state index contributed by atoms with van der Waals surface area (Å²) in [7, 11) is 0. The van der Waals surface area contributed by atoms with Gasteiger partial charge < -0.3 is 29.9 Å². The molecule has 1 aliphatic rings. The van der Waals surface area contributed by atoms with Gasteiger partial charge in [0.2, 0.25) is 12.2 Å². The standard InChI is InChI=1S/C25H32N2O6/c1-4-15-8-10-16(11-9-15)12-17-6-5-7-18-20(17)24(26-27(18)14(2)3)33-25-23(31)22(30)21(29)19(13-28)32-25/h5-11,14,19,21-23,25,28-31H,4,12-13H2,1-3H3/t19-,21-,22+,23-,25+/m1/s1. The zero-order chi connectivity index (χ0) is 23.7. The van der Waals surface area contributed by atoms with E-state index in [0.29, 0.717) is 6.42 Å². The van der Waals surface area contributed by atoms with Crippen molar-refractivity contribution in [3.8, 4) is 5.88 Å². The maximum Gasteiger partial charge on any atom is 0.243 e. The van der Waals surface area contributed by atoms with Gasteiger partial charge in [-0.1, -0.05) is 43.3 Å². The van der Waals surface area contributed by atoms with Crippen molar-refractivity contribution < 1.29 is 29.9 Å². The third-order valence-electron chi connectivity index (χ3n) is 6.18. The summed E-state index contributed by atoms with van der Waals surface area (Å²) in [4.78, 5) is 0. The fourth-order valence-electron chi connectivity index (χ4n) is 4.24. The first-order chi connectivity index (χ1) is 15.8. The topological polar surface area (TPSA) is 117 Å². The van der Waals surface area contributed by atoms with Crippen molar-refractivity contribution in [2.24, 2.45) is 0 Å². The summed E-state index contributed by atoms with van der Waals surface area (Å²) in [5.74, 6) is 0.267. The molecule has 4 rings (SSSR count). The Hall–Kier alpha value is -2.49. The van der Waals surface area contributed by atoms with Crippen molar-refractivity contribution in [2.45, 2.75) is 70.4 Å². The molecule has 0 radical (unpaired) electrons. The van der Waals surface area contributed by atoms with Crippen LogP contribution in [0.15, 0.2) is 42.5 Å². The van der Waals surface area contributed by atoms with E-state index in [4.69, 9.17) is 9.47 Å². The summed E-state index contributed by atoms with van der Waals surface area (Å²) in [5.41, 5.74) is 4.31. The predicted octanol–water partition coefficient (Wildman–Crippen LogP) is 1.95. The number of rotatable bonds is 7. The molecular weight excluding hydrogens is 424 g/mol. The minimum absolute atomic E-state index is 0.0544. The molecular formula is C25H32N2O6. The molecule has 1 fully saturated rings. The Morgan fingerprint density at radius 1 is 1.00 bits per heavy atom. The second-order valence-corrected chi connectivity index (χ2v) is 8.82. The van der Waals surface area contributed by atoms with Crippen LogP contribution in [0.5, 0.6) is 5.88 Å². The number of ether oxygens (including phenoxy) is 2. The molecule has 4 N–H and O–H groups in total. The Balaban J connectivity index is 1.72. The summed E-state index contributed by atoms with van der Waals surface area (Å²) >= 11 is 0. The molecule has 0 spiro atoms. The fourth-order valence-corrected chi connectivity index (χ4v) is 4.24. The second kappa shape index (κ2) is 9.79. The van der Waals surface area contributed by atoms with Crippen LogP contribution in [0.25, 0.3) is 10.9 Å². The summed E-state index contributed by atoms with van der Waals surface area (Å²) in [5, 5.41) is 45.6. The van der Waals surface area contributed by atoms with E-state index in [2.05, 4.69) is 36.3 Å². The van der Waals surface area contributed by atoms with Gasteiger partial charge in [-0.3, -0.25) is 4.68 Å². The van der Waals surface area contributed by atoms with Crippen LogP contribution in [0, 0.1) is 0 Å². The van der Waals surface area contributed by atoms with E-state index in [9.17, 15) is 20.4 Å². The van der Waals surface area contributed by atoms with Crippen LogP contribution in [0.3, 0.4) is 0 Å². The number of fused-ring (bicyclic) bond motifs is 1. The SMILES string of the molecule is CCc1ccc(Cc2cccc3c2c(O[C@@H]2O[C@H](CO)[C@@H](O)[C@H](O)[C@H]2O)nn3C(C)C)cc1. The average Bonchev–Trinajstić information content (AvgIpc) is 3.19. The number of benzene rings is 2. The maximum atomic E-state index is 10.4. The Kier molecular flexibility index (Phi) is 7.02. The maximum absolute atomic E-state index is 10.4. The number of aryl methyl sites for hydroxylation is 1. The van der Waals surface area contributed by atoms with Crippen molar-refractivity contribution in [3.63, 3.8) is 0 Å². The summed E-state index contributed by atoms with van der Waals surface area (Å²) < 4.78 is 13.4. The normalized spacial score (nSPS) is 25.6. The van der Waals surface area contributed by atoms with Crippen molar-refractivity contribution in [1.82, 2.24) is 9.78 Å². The van der Waals surface area contributed by atoms with Crippen LogP contribution in [-0.2, 0) is 17.6 Å². The third-order valence-corrected chi connectivity index (χ3v) is 6.18. The van der Waals surface area contributed by atoms with Gasteiger partial charge in [-0.2, -0.15) is 0 Å². The van der Waals surface area contributed by atoms with E-state index in [1.807, 2.05) is 36.7 Å². The van der Waals surface area contributed by atoms with Gasteiger partial charge in [0.15, 0.2) is 0 Å². The Labute approximate surface area is 193 Å². The lowest BCUT2D eigenvalue weighted by Crippen LogP contribution is -2.60. The van der Waals surface area contributed by atoms with Gasteiger partial charge in [0.05, 0.1) is 17.5 Å². The third kappa shape index (κ3) is 4.62. The zero-order valence-electron chi connectivity index (χ0n) is 19.1. The van der Waals surface area contributed by atoms with Crippen LogP contribution < -0.4 is 4.74 Å². The number of aliphatic hydroxyl groups excluding tert-OH is 4. The number of aromatic nitrogens is 2. The summed E-state index contributed by atoms with van der Waals surface area (Å²) in [6.45, 7) is 5.63. The molecule has 2 aromatic carbocycles. The first-order valence-corrected chi connectivity index (χ1v) is 11.4. The highest BCUT2D eigenvalue weighted by atomic mass is 16.7. The van der Waals surface area contributed by atoms with Gasteiger partial charge in [-0.25, -0.2) is 0 Å². The highest BCUT2D eigenvalue weighted by molar-refractivity contribution is 5.88. The average molecular weight is 457 g/mol. The van der Waals surface area contributed by atoms with E-state index in [1.165, 1.54) is 5.56 Å². The molecule has 178 valence electrons. The van der Waals surface area contributed by atoms with E-state index in [0.717, 1.165) is 28.5 Å². The molecule has 5 atom stereocenters. The van der Waals surface area contributed by atoms with Crippen molar-refractivity contribution in [3.05, 3.63) is 59.2 Å². The van der Waals surface area contributed by atoms with Crippen molar-refractivity contribution >= 4 is 10.9 Å². The fraction of sp³-hybridized carbons (Fsp3) is 0.480. The second-order valence-electron chi connectivity index (χ2n) is 8.82. The lowest BCUT2D eigenvalue weighted by molar-refractivity contribution is -0.278. The minimum Gasteiger partial charge on any atom is -0.443 e. The van der Waals surface area contributed by atoms with E-state index in [-0.39, 0.29) is 11.9 Å². The van der Waals surface area contributed by atoms with Gasteiger partial charge in [0.1, 0.15) is 24.4 Å². The molecule has 8 nitrogen and oxygen atoms in total. The molecule has 0 bridgehead atoms. The zero-order valence-corrected chi connectivity index (χ0v) is 19.1. The van der Waals surface area contributed by atoms with Crippen LogP contribution >= 0.6 is 0 Å². The molecule has 1 aromatic heterocycles. The van der Waals surface area contributed by atoms with Crippen molar-refractivity contribution in [1.29, 1.82) is 0 Å². The minimum atomic E-state index is -1.52. The molecule has 0 saturated carbocycles. The Morgan fingerprint density at radius 2 is 1.70 bits per heavy atom. The first kappa shape index (κ1) is 23.7. The van der Waals surface area contributed by atoms with E-state index >= 15 is 0 Å². The molecule has 1 saturated heterocycles. The Morgan fingerprint density at radius 3 is 2.33 bits per heavy atom. The molecule has 8 heteroatoms. The molecule has 3 aromatic rings. The highest BCUT2D eigenvalue weighted by Gasteiger charge is 2.45. The number of nitrogens with zero attached hydrogens (tertiary/aromatic N) is 2. The first-order valence-electron chi connectivity index (χ1n) is 11.4. The van der Waals surface area contributed by atoms with Crippen LogP contribution in [0.2, 0.25) is 0 Å². The van der Waals surface area contributed by atoms with Gasteiger partial charge in [-0.05, 0) is 49.4 Å². The van der Waals surface area contributed by atoms with E-state index < -0.39 is 37.3 Å². The number of hydrogen-bond acceptors (Lipinski definition) is 7. The van der Waals surface area contributed by atoms with E-state index in [1.54, 1.807) is 0 Å². The summed E-state index contributed by atoms with van der Waals surface area (Å²) in [6.07, 6.45) is -5.17.